The van der Waals surface area contributed by atoms with Crippen molar-refractivity contribution >= 4 is 0 Å². The third kappa shape index (κ3) is 4.21. The van der Waals surface area contributed by atoms with Gasteiger partial charge in [0.05, 0.1) is 7.11 Å². The molecule has 0 bridgehead atoms. The van der Waals surface area contributed by atoms with Crippen molar-refractivity contribution in [1.82, 2.24) is 4.90 Å². The summed E-state index contributed by atoms with van der Waals surface area (Å²) in [6, 6.07) is 7.17. The Morgan fingerprint density at radius 2 is 2.14 bits per heavy atom. The van der Waals surface area contributed by atoms with E-state index in [0.29, 0.717) is 6.04 Å². The number of unbranched alkanes of at least 4 members (excludes halogenated alkanes) is 1. The standard InChI is InChI=1S/C18H30N2O/c1-3-12-20(13-5-4-11-19)16-9-10-17-15(14-16)7-6-8-18(17)21-2/h6-8,16H,3-5,9-14,19H2,1-2H3. The van der Waals surface area contributed by atoms with E-state index in [2.05, 4.69) is 30.0 Å². The van der Waals surface area contributed by atoms with Crippen molar-refractivity contribution in [2.45, 2.75) is 51.5 Å². The smallest absolute Gasteiger partial charge is 0.122 e. The molecule has 0 fully saturated rings. The second-order valence-corrected chi connectivity index (χ2v) is 6.03. The molecule has 0 amide bonds. The van der Waals surface area contributed by atoms with Crippen molar-refractivity contribution in [3.63, 3.8) is 0 Å². The quantitative estimate of drug-likeness (QED) is 0.748. The first kappa shape index (κ1) is 16.3. The maximum atomic E-state index is 5.63. The number of benzene rings is 1. The van der Waals surface area contributed by atoms with Crippen LogP contribution in [0.3, 0.4) is 0 Å². The Labute approximate surface area is 129 Å². The number of methoxy groups -OCH3 is 1. The van der Waals surface area contributed by atoms with Crippen molar-refractivity contribution in [2.24, 2.45) is 5.73 Å². The van der Waals surface area contributed by atoms with E-state index in [4.69, 9.17) is 10.5 Å². The van der Waals surface area contributed by atoms with E-state index in [-0.39, 0.29) is 0 Å². The Balaban J connectivity index is 2.03. The maximum absolute atomic E-state index is 5.63. The Hall–Kier alpha value is -1.06. The van der Waals surface area contributed by atoms with Crippen LogP contribution in [-0.2, 0) is 12.8 Å². The molecule has 1 aromatic carbocycles. The molecule has 2 N–H and O–H groups in total. The molecule has 0 saturated carbocycles. The van der Waals surface area contributed by atoms with Crippen LogP contribution in [0.25, 0.3) is 0 Å². The first-order chi connectivity index (χ1) is 10.3. The lowest BCUT2D eigenvalue weighted by molar-refractivity contribution is 0.176. The second kappa shape index (κ2) is 8.40. The lowest BCUT2D eigenvalue weighted by Gasteiger charge is -2.35. The molecule has 118 valence electrons. The molecule has 1 unspecified atom stereocenters. The van der Waals surface area contributed by atoms with Crippen molar-refractivity contribution in [3.05, 3.63) is 29.3 Å². The van der Waals surface area contributed by atoms with Crippen LogP contribution in [0.5, 0.6) is 5.75 Å². The molecule has 0 aromatic heterocycles. The largest absolute Gasteiger partial charge is 0.496 e. The van der Waals surface area contributed by atoms with Gasteiger partial charge in [-0.05, 0) is 75.4 Å². The van der Waals surface area contributed by atoms with Gasteiger partial charge in [0, 0.05) is 6.04 Å². The molecule has 3 nitrogen and oxygen atoms in total. The van der Waals surface area contributed by atoms with Crippen LogP contribution >= 0.6 is 0 Å². The lowest BCUT2D eigenvalue weighted by atomic mass is 9.86. The zero-order chi connectivity index (χ0) is 15.1. The first-order valence-corrected chi connectivity index (χ1v) is 8.39. The minimum absolute atomic E-state index is 0.683. The van der Waals surface area contributed by atoms with Gasteiger partial charge in [-0.2, -0.15) is 0 Å². The third-order valence-electron chi connectivity index (χ3n) is 4.56. The summed E-state index contributed by atoms with van der Waals surface area (Å²) in [6.07, 6.45) is 7.13. The minimum atomic E-state index is 0.683. The number of hydrogen-bond acceptors (Lipinski definition) is 3. The molecule has 0 saturated heterocycles. The highest BCUT2D eigenvalue weighted by molar-refractivity contribution is 5.42. The minimum Gasteiger partial charge on any atom is -0.496 e. The SMILES string of the molecule is CCCN(CCCCN)C1CCc2c(cccc2OC)C1. The van der Waals surface area contributed by atoms with Crippen LogP contribution in [-0.4, -0.2) is 37.7 Å². The van der Waals surface area contributed by atoms with Gasteiger partial charge in [0.1, 0.15) is 5.75 Å². The zero-order valence-corrected chi connectivity index (χ0v) is 13.6. The van der Waals surface area contributed by atoms with Gasteiger partial charge in [-0.1, -0.05) is 19.1 Å². The summed E-state index contributed by atoms with van der Waals surface area (Å²) >= 11 is 0. The summed E-state index contributed by atoms with van der Waals surface area (Å²) in [5.41, 5.74) is 8.53. The number of hydrogen-bond donors (Lipinski definition) is 1. The molecule has 0 spiro atoms. The second-order valence-electron chi connectivity index (χ2n) is 6.03. The van der Waals surface area contributed by atoms with Gasteiger partial charge in [0.15, 0.2) is 0 Å². The number of ether oxygens (including phenoxy) is 1. The van der Waals surface area contributed by atoms with Crippen LogP contribution in [0.1, 0.15) is 43.7 Å². The molecule has 0 heterocycles. The summed E-state index contributed by atoms with van der Waals surface area (Å²) in [6.45, 7) is 5.48. The summed E-state index contributed by atoms with van der Waals surface area (Å²) in [7, 11) is 1.78. The predicted molar refractivity (Wildman–Crippen MR) is 89.0 cm³/mol. The Bertz CT molecular complexity index is 433. The number of nitrogens with two attached hydrogens (primary N) is 1. The van der Waals surface area contributed by atoms with Crippen LogP contribution in [0.15, 0.2) is 18.2 Å². The van der Waals surface area contributed by atoms with Crippen molar-refractivity contribution in [1.29, 1.82) is 0 Å². The highest BCUT2D eigenvalue weighted by Crippen LogP contribution is 2.31. The van der Waals surface area contributed by atoms with E-state index in [1.165, 1.54) is 43.5 Å². The fourth-order valence-electron chi connectivity index (χ4n) is 3.48. The summed E-state index contributed by atoms with van der Waals surface area (Å²) in [5, 5.41) is 0. The van der Waals surface area contributed by atoms with Crippen LogP contribution in [0.2, 0.25) is 0 Å². The molecule has 3 heteroatoms. The lowest BCUT2D eigenvalue weighted by Crippen LogP contribution is -2.40. The van der Waals surface area contributed by atoms with Gasteiger partial charge in [0.25, 0.3) is 0 Å². The zero-order valence-electron chi connectivity index (χ0n) is 13.6. The third-order valence-corrected chi connectivity index (χ3v) is 4.56. The summed E-state index contributed by atoms with van der Waals surface area (Å²) in [5.74, 6) is 1.07. The molecule has 1 aliphatic rings. The Kier molecular flexibility index (Phi) is 6.52. The van der Waals surface area contributed by atoms with Gasteiger partial charge < -0.3 is 15.4 Å². The van der Waals surface area contributed by atoms with Gasteiger partial charge in [0.2, 0.25) is 0 Å². The Morgan fingerprint density at radius 3 is 2.86 bits per heavy atom. The molecule has 0 radical (unpaired) electrons. The Morgan fingerprint density at radius 1 is 1.29 bits per heavy atom. The van der Waals surface area contributed by atoms with Crippen LogP contribution < -0.4 is 10.5 Å². The average Bonchev–Trinajstić information content (AvgIpc) is 2.53. The molecule has 1 atom stereocenters. The number of rotatable bonds is 8. The highest BCUT2D eigenvalue weighted by atomic mass is 16.5. The molecular weight excluding hydrogens is 260 g/mol. The van der Waals surface area contributed by atoms with Gasteiger partial charge in [-0.15, -0.1) is 0 Å². The monoisotopic (exact) mass is 290 g/mol. The topological polar surface area (TPSA) is 38.5 Å². The molecule has 21 heavy (non-hydrogen) atoms. The van der Waals surface area contributed by atoms with Crippen molar-refractivity contribution in [3.8, 4) is 5.75 Å². The van der Waals surface area contributed by atoms with E-state index in [0.717, 1.165) is 31.6 Å². The summed E-state index contributed by atoms with van der Waals surface area (Å²) < 4.78 is 5.51. The molecule has 0 aliphatic heterocycles. The number of nitrogens with zero attached hydrogens (tertiary/aromatic N) is 1. The van der Waals surface area contributed by atoms with Crippen LogP contribution in [0, 0.1) is 0 Å². The van der Waals surface area contributed by atoms with E-state index in [1.54, 1.807) is 7.11 Å². The van der Waals surface area contributed by atoms with E-state index >= 15 is 0 Å². The number of fused-ring (bicyclic) bond motifs is 1. The van der Waals surface area contributed by atoms with E-state index < -0.39 is 0 Å². The fourth-order valence-corrected chi connectivity index (χ4v) is 3.48. The van der Waals surface area contributed by atoms with Crippen molar-refractivity contribution < 1.29 is 4.74 Å². The first-order valence-electron chi connectivity index (χ1n) is 8.39. The van der Waals surface area contributed by atoms with E-state index in [1.807, 2.05) is 0 Å². The maximum Gasteiger partial charge on any atom is 0.122 e. The predicted octanol–water partition coefficient (Wildman–Crippen LogP) is 3.00. The normalized spacial score (nSPS) is 17.8. The van der Waals surface area contributed by atoms with Gasteiger partial charge in [-0.25, -0.2) is 0 Å². The summed E-state index contributed by atoms with van der Waals surface area (Å²) in [4.78, 5) is 2.68. The van der Waals surface area contributed by atoms with Crippen molar-refractivity contribution in [2.75, 3.05) is 26.7 Å². The van der Waals surface area contributed by atoms with Gasteiger partial charge in [-0.3, -0.25) is 0 Å². The van der Waals surface area contributed by atoms with Gasteiger partial charge >= 0.3 is 0 Å². The fraction of sp³-hybridized carbons (Fsp3) is 0.667. The molecule has 1 aromatic rings. The molecular formula is C18H30N2O. The molecule has 1 aliphatic carbocycles. The van der Waals surface area contributed by atoms with E-state index in [9.17, 15) is 0 Å². The highest BCUT2D eigenvalue weighted by Gasteiger charge is 2.25. The van der Waals surface area contributed by atoms with Crippen LogP contribution in [0.4, 0.5) is 0 Å². The molecule has 2 rings (SSSR count). The average molecular weight is 290 g/mol.